The first kappa shape index (κ1) is 15.9. The van der Waals surface area contributed by atoms with Crippen LogP contribution in [-0.2, 0) is 9.59 Å². The van der Waals surface area contributed by atoms with E-state index in [1.54, 1.807) is 13.0 Å². The molecular formula is C13H15F2NO4. The van der Waals surface area contributed by atoms with Gasteiger partial charge in [-0.05, 0) is 24.6 Å². The van der Waals surface area contributed by atoms with Gasteiger partial charge in [0.2, 0.25) is 5.91 Å². The van der Waals surface area contributed by atoms with Gasteiger partial charge in [0.25, 0.3) is 0 Å². The molecule has 5 nitrogen and oxygen atoms in total. The van der Waals surface area contributed by atoms with Gasteiger partial charge in [-0.25, -0.2) is 0 Å². The van der Waals surface area contributed by atoms with Gasteiger partial charge >= 0.3 is 12.6 Å². The maximum absolute atomic E-state index is 12.1. The highest BCUT2D eigenvalue weighted by Crippen LogP contribution is 2.20. The quantitative estimate of drug-likeness (QED) is 0.807. The van der Waals surface area contributed by atoms with Gasteiger partial charge < -0.3 is 15.2 Å². The van der Waals surface area contributed by atoms with E-state index in [1.165, 1.54) is 18.2 Å². The molecule has 0 saturated carbocycles. The average Bonchev–Trinajstić information content (AvgIpc) is 2.36. The van der Waals surface area contributed by atoms with Crippen molar-refractivity contribution < 1.29 is 28.2 Å². The number of aliphatic carboxylic acids is 1. The van der Waals surface area contributed by atoms with Gasteiger partial charge in [0.1, 0.15) is 5.75 Å². The van der Waals surface area contributed by atoms with Crippen molar-refractivity contribution in [2.45, 2.75) is 32.4 Å². The van der Waals surface area contributed by atoms with Gasteiger partial charge in [-0.2, -0.15) is 8.78 Å². The molecule has 0 aliphatic carbocycles. The zero-order chi connectivity index (χ0) is 15.1. The predicted molar refractivity (Wildman–Crippen MR) is 66.5 cm³/mol. The lowest BCUT2D eigenvalue weighted by atomic mass is 10.1. The van der Waals surface area contributed by atoms with E-state index in [9.17, 15) is 18.4 Å². The average molecular weight is 287 g/mol. The van der Waals surface area contributed by atoms with E-state index < -0.39 is 24.5 Å². The smallest absolute Gasteiger partial charge is 0.387 e. The molecule has 1 rings (SSSR count). The van der Waals surface area contributed by atoms with Crippen molar-refractivity contribution in [3.8, 4) is 5.75 Å². The molecule has 1 aromatic rings. The molecule has 0 spiro atoms. The van der Waals surface area contributed by atoms with E-state index in [2.05, 4.69) is 10.1 Å². The molecule has 0 radical (unpaired) electrons. The minimum absolute atomic E-state index is 0.00383. The number of hydrogen-bond acceptors (Lipinski definition) is 3. The first-order valence-corrected chi connectivity index (χ1v) is 5.94. The summed E-state index contributed by atoms with van der Waals surface area (Å²) in [7, 11) is 0. The number of nitrogens with one attached hydrogen (secondary N) is 1. The van der Waals surface area contributed by atoms with Crippen molar-refractivity contribution in [1.29, 1.82) is 0 Å². The van der Waals surface area contributed by atoms with Crippen molar-refractivity contribution in [2.75, 3.05) is 0 Å². The van der Waals surface area contributed by atoms with Crippen LogP contribution in [0.4, 0.5) is 8.78 Å². The third kappa shape index (κ3) is 5.64. The SMILES string of the molecule is CC(NC(=O)CCC(=O)O)c1cccc(OC(F)F)c1. The highest BCUT2D eigenvalue weighted by atomic mass is 19.3. The molecule has 0 fully saturated rings. The Balaban J connectivity index is 2.60. The fraction of sp³-hybridized carbons (Fsp3) is 0.385. The van der Waals surface area contributed by atoms with Crippen molar-refractivity contribution in [1.82, 2.24) is 5.32 Å². The van der Waals surface area contributed by atoms with Crippen LogP contribution in [0, 0.1) is 0 Å². The number of benzene rings is 1. The number of carbonyl (C=O) groups is 2. The van der Waals surface area contributed by atoms with Crippen LogP contribution >= 0.6 is 0 Å². The molecule has 0 aliphatic heterocycles. The second-order valence-corrected chi connectivity index (χ2v) is 4.13. The van der Waals surface area contributed by atoms with Gasteiger partial charge in [0.15, 0.2) is 0 Å². The first-order valence-electron chi connectivity index (χ1n) is 5.94. The Morgan fingerprint density at radius 3 is 2.65 bits per heavy atom. The van der Waals surface area contributed by atoms with Crippen molar-refractivity contribution in [3.63, 3.8) is 0 Å². The zero-order valence-corrected chi connectivity index (χ0v) is 10.8. The summed E-state index contributed by atoms with van der Waals surface area (Å²) in [6, 6.07) is 5.54. The van der Waals surface area contributed by atoms with Crippen LogP contribution in [0.25, 0.3) is 0 Å². The molecule has 110 valence electrons. The number of halogens is 2. The van der Waals surface area contributed by atoms with E-state index >= 15 is 0 Å². The van der Waals surface area contributed by atoms with Crippen LogP contribution in [0.15, 0.2) is 24.3 Å². The largest absolute Gasteiger partial charge is 0.481 e. The summed E-state index contributed by atoms with van der Waals surface area (Å²) in [6.07, 6.45) is -0.389. The van der Waals surface area contributed by atoms with Crippen LogP contribution in [0.5, 0.6) is 5.75 Å². The Morgan fingerprint density at radius 1 is 1.35 bits per heavy atom. The van der Waals surface area contributed by atoms with Crippen molar-refractivity contribution >= 4 is 11.9 Å². The number of carboxylic acid groups (broad SMARTS) is 1. The number of carboxylic acids is 1. The van der Waals surface area contributed by atoms with Gasteiger partial charge in [0, 0.05) is 6.42 Å². The highest BCUT2D eigenvalue weighted by molar-refractivity contribution is 5.80. The Kier molecular flexibility index (Phi) is 5.89. The molecule has 0 bridgehead atoms. The molecule has 0 heterocycles. The Labute approximate surface area is 114 Å². The molecule has 1 amide bonds. The number of carbonyl (C=O) groups excluding carboxylic acids is 1. The Hall–Kier alpha value is -2.18. The summed E-state index contributed by atoms with van der Waals surface area (Å²) in [6.45, 7) is -1.24. The van der Waals surface area contributed by atoms with Gasteiger partial charge in [-0.15, -0.1) is 0 Å². The number of hydrogen-bond donors (Lipinski definition) is 2. The molecule has 2 N–H and O–H groups in total. The van der Waals surface area contributed by atoms with E-state index in [4.69, 9.17) is 5.11 Å². The summed E-state index contributed by atoms with van der Waals surface area (Å²) < 4.78 is 28.4. The molecule has 7 heteroatoms. The van der Waals surface area contributed by atoms with Crippen LogP contribution in [0.1, 0.15) is 31.4 Å². The second kappa shape index (κ2) is 7.42. The van der Waals surface area contributed by atoms with Crippen molar-refractivity contribution in [3.05, 3.63) is 29.8 Å². The summed E-state index contributed by atoms with van der Waals surface area (Å²) in [5.41, 5.74) is 0.590. The molecule has 0 aliphatic rings. The Morgan fingerprint density at radius 2 is 2.05 bits per heavy atom. The van der Waals surface area contributed by atoms with Crippen LogP contribution in [-0.4, -0.2) is 23.6 Å². The summed E-state index contributed by atoms with van der Waals surface area (Å²) in [5.74, 6) is -1.47. The predicted octanol–water partition coefficient (Wildman–Crippen LogP) is 2.33. The van der Waals surface area contributed by atoms with Crippen LogP contribution < -0.4 is 10.1 Å². The number of rotatable bonds is 7. The minimum atomic E-state index is -2.91. The molecule has 0 saturated heterocycles. The normalized spacial score (nSPS) is 12.0. The molecule has 20 heavy (non-hydrogen) atoms. The summed E-state index contributed by atoms with van der Waals surface area (Å²) in [4.78, 5) is 21.8. The Bertz CT molecular complexity index is 479. The summed E-state index contributed by atoms with van der Waals surface area (Å²) in [5, 5.41) is 11.1. The minimum Gasteiger partial charge on any atom is -0.481 e. The molecule has 1 unspecified atom stereocenters. The zero-order valence-electron chi connectivity index (χ0n) is 10.8. The van der Waals surface area contributed by atoms with Crippen LogP contribution in [0.2, 0.25) is 0 Å². The third-order valence-corrected chi connectivity index (χ3v) is 2.53. The lowest BCUT2D eigenvalue weighted by Crippen LogP contribution is -2.26. The fourth-order valence-electron chi connectivity index (χ4n) is 1.58. The third-order valence-electron chi connectivity index (χ3n) is 2.53. The topological polar surface area (TPSA) is 75.6 Å². The van der Waals surface area contributed by atoms with Crippen LogP contribution in [0.3, 0.4) is 0 Å². The first-order chi connectivity index (χ1) is 9.38. The number of alkyl halides is 2. The lowest BCUT2D eigenvalue weighted by molar-refractivity contribution is -0.138. The second-order valence-electron chi connectivity index (χ2n) is 4.13. The van der Waals surface area contributed by atoms with E-state index in [1.807, 2.05) is 0 Å². The molecule has 1 aromatic carbocycles. The molecule has 1 atom stereocenters. The van der Waals surface area contributed by atoms with E-state index in [0.29, 0.717) is 5.56 Å². The standard InChI is InChI=1S/C13H15F2NO4/c1-8(16-11(17)5-6-12(18)19)9-3-2-4-10(7-9)20-13(14)15/h2-4,7-8,13H,5-6H2,1H3,(H,16,17)(H,18,19). The lowest BCUT2D eigenvalue weighted by Gasteiger charge is -2.15. The van der Waals surface area contributed by atoms with E-state index in [-0.39, 0.29) is 18.6 Å². The monoisotopic (exact) mass is 287 g/mol. The van der Waals surface area contributed by atoms with Crippen molar-refractivity contribution in [2.24, 2.45) is 0 Å². The van der Waals surface area contributed by atoms with Gasteiger partial charge in [0.05, 0.1) is 12.5 Å². The number of amides is 1. The molecular weight excluding hydrogens is 272 g/mol. The fourth-order valence-corrected chi connectivity index (χ4v) is 1.58. The van der Waals surface area contributed by atoms with Gasteiger partial charge in [-0.1, -0.05) is 12.1 Å². The summed E-state index contributed by atoms with van der Waals surface area (Å²) >= 11 is 0. The maximum atomic E-state index is 12.1. The van der Waals surface area contributed by atoms with E-state index in [0.717, 1.165) is 0 Å². The maximum Gasteiger partial charge on any atom is 0.387 e. The highest BCUT2D eigenvalue weighted by Gasteiger charge is 2.12. The van der Waals surface area contributed by atoms with Gasteiger partial charge in [-0.3, -0.25) is 9.59 Å². The molecule has 0 aromatic heterocycles. The number of ether oxygens (including phenoxy) is 1.